The van der Waals surface area contributed by atoms with Gasteiger partial charge < -0.3 is 9.88 Å². The summed E-state index contributed by atoms with van der Waals surface area (Å²) in [5.41, 5.74) is 7.43. The molecule has 2 nitrogen and oxygen atoms in total. The third-order valence-corrected chi connectivity index (χ3v) is 6.73. The van der Waals surface area contributed by atoms with Crippen LogP contribution in [0.1, 0.15) is 42.5 Å². The molecule has 1 aliphatic heterocycles. The second-order valence-electron chi connectivity index (χ2n) is 8.36. The van der Waals surface area contributed by atoms with Gasteiger partial charge in [0.2, 0.25) is 0 Å². The first kappa shape index (κ1) is 16.8. The smallest absolute Gasteiger partial charge is 0.0482 e. The van der Waals surface area contributed by atoms with Crippen molar-refractivity contribution in [3.63, 3.8) is 0 Å². The summed E-state index contributed by atoms with van der Waals surface area (Å²) < 4.78 is 2.44. The average molecular weight is 357 g/mol. The molecule has 1 aliphatic carbocycles. The van der Waals surface area contributed by atoms with Crippen molar-refractivity contribution in [1.29, 1.82) is 0 Å². The van der Waals surface area contributed by atoms with E-state index < -0.39 is 0 Å². The Balaban J connectivity index is 1.45. The molecule has 138 valence electrons. The molecular formula is C25H28N2. The molecule has 2 aliphatic rings. The Morgan fingerprint density at radius 2 is 1.74 bits per heavy atom. The van der Waals surface area contributed by atoms with Crippen LogP contribution in [-0.4, -0.2) is 17.2 Å². The van der Waals surface area contributed by atoms with Crippen molar-refractivity contribution < 1.29 is 0 Å². The third kappa shape index (κ3) is 2.83. The van der Waals surface area contributed by atoms with Crippen LogP contribution < -0.4 is 5.32 Å². The molecule has 2 aromatic carbocycles. The van der Waals surface area contributed by atoms with Crippen molar-refractivity contribution in [2.24, 2.45) is 13.0 Å². The van der Waals surface area contributed by atoms with Gasteiger partial charge in [0.05, 0.1) is 0 Å². The monoisotopic (exact) mass is 356 g/mol. The zero-order valence-corrected chi connectivity index (χ0v) is 16.3. The van der Waals surface area contributed by atoms with Crippen molar-refractivity contribution in [3.8, 4) is 0 Å². The highest BCUT2D eigenvalue weighted by Crippen LogP contribution is 2.42. The molecule has 2 heterocycles. The minimum atomic E-state index is 0.569. The maximum atomic E-state index is 3.81. The van der Waals surface area contributed by atoms with E-state index in [1.165, 1.54) is 34.9 Å². The van der Waals surface area contributed by atoms with Gasteiger partial charge in [0.1, 0.15) is 0 Å². The molecule has 0 bridgehead atoms. The highest BCUT2D eigenvalue weighted by Gasteiger charge is 2.34. The van der Waals surface area contributed by atoms with Gasteiger partial charge in [-0.05, 0) is 53.9 Å². The number of hydrogen-bond acceptors (Lipinski definition) is 1. The topological polar surface area (TPSA) is 17.0 Å². The predicted molar refractivity (Wildman–Crippen MR) is 114 cm³/mol. The van der Waals surface area contributed by atoms with E-state index in [-0.39, 0.29) is 0 Å². The van der Waals surface area contributed by atoms with Crippen molar-refractivity contribution in [2.45, 2.75) is 38.1 Å². The maximum Gasteiger partial charge on any atom is 0.0482 e. The van der Waals surface area contributed by atoms with E-state index in [1.807, 2.05) is 0 Å². The van der Waals surface area contributed by atoms with Crippen molar-refractivity contribution in [1.82, 2.24) is 9.88 Å². The van der Waals surface area contributed by atoms with E-state index in [0.29, 0.717) is 17.9 Å². The number of benzene rings is 2. The molecule has 0 amide bonds. The third-order valence-electron chi connectivity index (χ3n) is 6.73. The number of aromatic nitrogens is 1. The fraction of sp³-hybridized carbons (Fsp3) is 0.360. The highest BCUT2D eigenvalue weighted by atomic mass is 15.0. The van der Waals surface area contributed by atoms with Gasteiger partial charge in [-0.25, -0.2) is 0 Å². The molecule has 3 unspecified atom stereocenters. The van der Waals surface area contributed by atoms with Crippen LogP contribution in [0.15, 0.2) is 60.7 Å². The molecule has 0 fully saturated rings. The van der Waals surface area contributed by atoms with Crippen molar-refractivity contribution >= 4 is 16.5 Å². The van der Waals surface area contributed by atoms with Crippen LogP contribution >= 0.6 is 0 Å². The molecule has 5 rings (SSSR count). The fourth-order valence-electron chi connectivity index (χ4n) is 5.50. The Hall–Kier alpha value is -2.32. The minimum Gasteiger partial charge on any atom is -0.347 e. The Bertz CT molecular complexity index is 996. The summed E-state index contributed by atoms with van der Waals surface area (Å²) in [5.74, 6) is 1.31. The second-order valence-corrected chi connectivity index (χ2v) is 8.36. The van der Waals surface area contributed by atoms with Crippen LogP contribution in [0.3, 0.4) is 0 Å². The Morgan fingerprint density at radius 1 is 0.963 bits per heavy atom. The van der Waals surface area contributed by atoms with Gasteiger partial charge in [-0.1, -0.05) is 61.5 Å². The first-order valence-corrected chi connectivity index (χ1v) is 10.3. The number of aryl methyl sites for hydroxylation is 1. The van der Waals surface area contributed by atoms with Gasteiger partial charge in [-0.3, -0.25) is 0 Å². The van der Waals surface area contributed by atoms with E-state index in [2.05, 4.69) is 84.5 Å². The number of para-hydroxylation sites is 1. The van der Waals surface area contributed by atoms with Gasteiger partial charge in [-0.15, -0.1) is 0 Å². The maximum absolute atomic E-state index is 3.81. The SMILES string of the molecule is CC1CC(C2CC(c3ccccc3)=CCN2)Cc2c1n(C)c1ccccc21. The van der Waals surface area contributed by atoms with Gasteiger partial charge in [0.25, 0.3) is 0 Å². The molecule has 0 saturated heterocycles. The van der Waals surface area contributed by atoms with Crippen molar-refractivity contribution in [2.75, 3.05) is 6.54 Å². The van der Waals surface area contributed by atoms with E-state index >= 15 is 0 Å². The molecule has 0 saturated carbocycles. The summed E-state index contributed by atoms with van der Waals surface area (Å²) in [6, 6.07) is 20.4. The summed E-state index contributed by atoms with van der Waals surface area (Å²) >= 11 is 0. The molecule has 3 aromatic rings. The minimum absolute atomic E-state index is 0.569. The van der Waals surface area contributed by atoms with Crippen LogP contribution in [0.2, 0.25) is 0 Å². The Kier molecular flexibility index (Phi) is 4.17. The summed E-state index contributed by atoms with van der Waals surface area (Å²) in [5, 5.41) is 5.27. The summed E-state index contributed by atoms with van der Waals surface area (Å²) in [6.45, 7) is 3.41. The first-order valence-electron chi connectivity index (χ1n) is 10.3. The molecule has 0 radical (unpaired) electrons. The largest absolute Gasteiger partial charge is 0.347 e. The van der Waals surface area contributed by atoms with Crippen LogP contribution in [-0.2, 0) is 13.5 Å². The molecule has 1 N–H and O–H groups in total. The second kappa shape index (κ2) is 6.69. The van der Waals surface area contributed by atoms with E-state index in [4.69, 9.17) is 0 Å². The van der Waals surface area contributed by atoms with Crippen LogP contribution in [0.5, 0.6) is 0 Å². The van der Waals surface area contributed by atoms with Crippen molar-refractivity contribution in [3.05, 3.63) is 77.5 Å². The molecule has 3 atom stereocenters. The number of fused-ring (bicyclic) bond motifs is 3. The highest BCUT2D eigenvalue weighted by molar-refractivity contribution is 5.86. The van der Waals surface area contributed by atoms with E-state index in [0.717, 1.165) is 13.0 Å². The van der Waals surface area contributed by atoms with E-state index in [1.54, 1.807) is 11.3 Å². The predicted octanol–water partition coefficient (Wildman–Crippen LogP) is 5.29. The quantitative estimate of drug-likeness (QED) is 0.660. The molecule has 2 heteroatoms. The Labute approximate surface area is 161 Å². The fourth-order valence-corrected chi connectivity index (χ4v) is 5.50. The summed E-state index contributed by atoms with van der Waals surface area (Å²) in [7, 11) is 2.24. The van der Waals surface area contributed by atoms with E-state index in [9.17, 15) is 0 Å². The number of nitrogens with zero attached hydrogens (tertiary/aromatic N) is 1. The summed E-state index contributed by atoms with van der Waals surface area (Å²) in [4.78, 5) is 0. The number of nitrogens with one attached hydrogen (secondary N) is 1. The van der Waals surface area contributed by atoms with Gasteiger partial charge in [0.15, 0.2) is 0 Å². The van der Waals surface area contributed by atoms with Gasteiger partial charge in [0, 0.05) is 36.2 Å². The van der Waals surface area contributed by atoms with Gasteiger partial charge in [-0.2, -0.15) is 0 Å². The standard InChI is InChI=1S/C25H28N2/c1-17-14-20(15-22-21-10-6-7-11-24(21)27(2)25(17)22)23-16-19(12-13-26-23)18-8-4-3-5-9-18/h3-12,17,20,23,26H,13-16H2,1-2H3. The zero-order chi connectivity index (χ0) is 18.4. The number of hydrogen-bond donors (Lipinski definition) is 1. The Morgan fingerprint density at radius 3 is 2.59 bits per heavy atom. The van der Waals surface area contributed by atoms with Gasteiger partial charge >= 0.3 is 0 Å². The van der Waals surface area contributed by atoms with Crippen LogP contribution in [0, 0.1) is 5.92 Å². The lowest BCUT2D eigenvalue weighted by Crippen LogP contribution is -2.42. The average Bonchev–Trinajstić information content (AvgIpc) is 3.02. The number of rotatable bonds is 2. The normalized spacial score (nSPS) is 25.3. The molecule has 0 spiro atoms. The lowest BCUT2D eigenvalue weighted by molar-refractivity contribution is 0.303. The molecule has 27 heavy (non-hydrogen) atoms. The van der Waals surface area contributed by atoms with Crippen LogP contribution in [0.25, 0.3) is 16.5 Å². The van der Waals surface area contributed by atoms with Crippen LogP contribution in [0.4, 0.5) is 0 Å². The first-order chi connectivity index (χ1) is 13.2. The molecule has 1 aromatic heterocycles. The molecular weight excluding hydrogens is 328 g/mol. The summed E-state index contributed by atoms with van der Waals surface area (Å²) in [6.07, 6.45) is 5.99. The lowest BCUT2D eigenvalue weighted by atomic mass is 9.74. The lowest BCUT2D eigenvalue weighted by Gasteiger charge is -2.37. The zero-order valence-electron chi connectivity index (χ0n) is 16.3.